The summed E-state index contributed by atoms with van der Waals surface area (Å²) in [5, 5.41) is 14.1. The maximum atomic E-state index is 14.5. The number of nitrogens with zero attached hydrogens (tertiary/aromatic N) is 6. The highest BCUT2D eigenvalue weighted by molar-refractivity contribution is 6.06. The molecule has 2 aromatic carbocycles. The Bertz CT molecular complexity index is 2360. The number of anilines is 2. The summed E-state index contributed by atoms with van der Waals surface area (Å²) in [5.74, 6) is -34.1. The molecule has 4 aromatic rings. The minimum atomic E-state index is -2.48. The van der Waals surface area contributed by atoms with E-state index in [4.69, 9.17) is 10.2 Å². The smallest absolute Gasteiger partial charge is 0.303 e. The van der Waals surface area contributed by atoms with Gasteiger partial charge in [-0.2, -0.15) is 0 Å². The zero-order valence-corrected chi connectivity index (χ0v) is 35.3. The Hall–Kier alpha value is -6.96. The lowest BCUT2D eigenvalue weighted by atomic mass is 9.91. The lowest BCUT2D eigenvalue weighted by Gasteiger charge is -2.27. The Morgan fingerprint density at radius 2 is 0.765 bits per heavy atom. The molecule has 6 rings (SSSR count). The molecule has 2 aliphatic rings. The van der Waals surface area contributed by atoms with E-state index >= 15 is 0 Å². The molecule has 14 nitrogen and oxygen atoms in total. The summed E-state index contributed by atoms with van der Waals surface area (Å²) in [4.78, 5) is 80.1. The van der Waals surface area contributed by atoms with Crippen LogP contribution in [0.1, 0.15) is 80.2 Å². The molecular formula is C42H36F12N6O8. The van der Waals surface area contributed by atoms with Crippen LogP contribution in [0.25, 0.3) is 0 Å². The predicted molar refractivity (Wildman–Crippen MR) is 210 cm³/mol. The van der Waals surface area contributed by atoms with E-state index in [1.54, 1.807) is 0 Å². The number of carboxylic acids is 2. The Kier molecular flexibility index (Phi) is 18.3. The molecule has 4 heterocycles. The second-order valence-electron chi connectivity index (χ2n) is 15.0. The third-order valence-electron chi connectivity index (χ3n) is 10.3. The molecule has 2 saturated heterocycles. The number of rotatable bonds is 11. The second-order valence-corrected chi connectivity index (χ2v) is 15.0. The molecule has 68 heavy (non-hydrogen) atoms. The molecule has 2 aliphatic heterocycles. The second kappa shape index (κ2) is 23.2. The van der Waals surface area contributed by atoms with Crippen molar-refractivity contribution < 1.29 is 91.8 Å². The van der Waals surface area contributed by atoms with Gasteiger partial charge in [-0.3, -0.25) is 28.8 Å². The molecule has 366 valence electrons. The van der Waals surface area contributed by atoms with E-state index in [0.717, 1.165) is 12.1 Å². The normalized spacial score (nSPS) is 14.5. The third-order valence-corrected chi connectivity index (χ3v) is 10.3. The number of piperidine rings is 2. The highest BCUT2D eigenvalue weighted by Gasteiger charge is 2.36. The van der Waals surface area contributed by atoms with Gasteiger partial charge in [0, 0.05) is 11.8 Å². The minimum absolute atomic E-state index is 0.185. The van der Waals surface area contributed by atoms with Gasteiger partial charge in [0.1, 0.15) is 22.5 Å². The number of hydrogen-bond donors (Lipinski definition) is 2. The summed E-state index contributed by atoms with van der Waals surface area (Å²) in [6, 6.07) is 6.75. The highest BCUT2D eigenvalue weighted by Crippen LogP contribution is 2.29. The molecule has 0 radical (unpaired) electrons. The number of amides is 2. The number of ketones is 2. The van der Waals surface area contributed by atoms with Crippen molar-refractivity contribution >= 4 is 47.0 Å². The Morgan fingerprint density at radius 1 is 0.500 bits per heavy atom. The maximum Gasteiger partial charge on any atom is 0.303 e. The van der Waals surface area contributed by atoms with Crippen LogP contribution in [-0.2, 0) is 9.59 Å². The van der Waals surface area contributed by atoms with Gasteiger partial charge >= 0.3 is 11.9 Å². The molecule has 0 aliphatic carbocycles. The molecule has 0 unspecified atom stereocenters. The summed E-state index contributed by atoms with van der Waals surface area (Å²) in [6.45, 7) is 2.68. The van der Waals surface area contributed by atoms with Gasteiger partial charge in [-0.25, -0.2) is 53.9 Å². The fourth-order valence-corrected chi connectivity index (χ4v) is 6.50. The van der Waals surface area contributed by atoms with Gasteiger partial charge in [0.05, 0.1) is 12.8 Å². The SMILES string of the molecule is CN1CCC(C(=O)c2cccc(N(F)C(=O)c3c(F)c(F)c(F)c(F)c3F)n2)CC1.CN1CCC(C(=O)c2cccc(N(F)C(=O)c3c(F)c(F)c(F)c(F)c3F)n2)CC1.O=C(O)CCC(=O)O. The fourth-order valence-electron chi connectivity index (χ4n) is 6.50. The third kappa shape index (κ3) is 12.5. The van der Waals surface area contributed by atoms with Crippen LogP contribution in [0.4, 0.5) is 64.5 Å². The van der Waals surface area contributed by atoms with Crippen LogP contribution in [0.5, 0.6) is 0 Å². The van der Waals surface area contributed by atoms with E-state index in [0.29, 0.717) is 51.9 Å². The quantitative estimate of drug-likeness (QED) is 0.0495. The average molecular weight is 981 g/mol. The summed E-state index contributed by atoms with van der Waals surface area (Å²) in [6.07, 6.45) is 1.59. The van der Waals surface area contributed by atoms with Gasteiger partial charge in [0.2, 0.25) is 11.6 Å². The molecule has 26 heteroatoms. The van der Waals surface area contributed by atoms with Crippen molar-refractivity contribution in [1.82, 2.24) is 19.8 Å². The first kappa shape index (κ1) is 53.7. The van der Waals surface area contributed by atoms with E-state index in [1.165, 1.54) is 24.3 Å². The van der Waals surface area contributed by atoms with Gasteiger partial charge in [-0.1, -0.05) is 21.1 Å². The van der Waals surface area contributed by atoms with Crippen LogP contribution < -0.4 is 10.2 Å². The number of carboxylic acid groups (broad SMARTS) is 2. The molecule has 2 amide bonds. The molecule has 0 spiro atoms. The average Bonchev–Trinajstić information content (AvgIpc) is 3.33. The highest BCUT2D eigenvalue weighted by atomic mass is 19.2. The van der Waals surface area contributed by atoms with Crippen molar-refractivity contribution in [2.75, 3.05) is 50.5 Å². The molecule has 2 aromatic heterocycles. The van der Waals surface area contributed by atoms with Crippen molar-refractivity contribution in [3.8, 4) is 0 Å². The monoisotopic (exact) mass is 980 g/mol. The number of pyridine rings is 2. The molecule has 2 N–H and O–H groups in total. The van der Waals surface area contributed by atoms with Gasteiger partial charge in [-0.15, -0.1) is 10.2 Å². The number of carbonyl (C=O) groups is 6. The summed E-state index contributed by atoms with van der Waals surface area (Å²) in [7, 11) is 3.79. The number of likely N-dealkylation sites (tertiary alicyclic amines) is 2. The molecule has 0 atom stereocenters. The molecular weight excluding hydrogens is 944 g/mol. The number of carbonyl (C=O) groups excluding carboxylic acids is 4. The van der Waals surface area contributed by atoms with E-state index in [9.17, 15) is 81.6 Å². The predicted octanol–water partition coefficient (Wildman–Crippen LogP) is 7.60. The Balaban J connectivity index is 0.000000256. The van der Waals surface area contributed by atoms with Crippen molar-refractivity contribution in [1.29, 1.82) is 0 Å². The van der Waals surface area contributed by atoms with E-state index < -0.39 is 126 Å². The summed E-state index contributed by atoms with van der Waals surface area (Å²) >= 11 is 0. The number of halogens is 12. The van der Waals surface area contributed by atoms with Crippen LogP contribution >= 0.6 is 0 Å². The van der Waals surface area contributed by atoms with Gasteiger partial charge in [-0.05, 0) is 90.2 Å². The lowest BCUT2D eigenvalue weighted by Crippen LogP contribution is -2.34. The van der Waals surface area contributed by atoms with E-state index in [2.05, 4.69) is 9.97 Å². The zero-order valence-electron chi connectivity index (χ0n) is 35.3. The molecule has 2 fully saturated rings. The lowest BCUT2D eigenvalue weighted by molar-refractivity contribution is -0.143. The number of aliphatic carboxylic acids is 2. The largest absolute Gasteiger partial charge is 0.481 e. The van der Waals surface area contributed by atoms with Gasteiger partial charge in [0.25, 0.3) is 11.8 Å². The van der Waals surface area contributed by atoms with Crippen LogP contribution in [0, 0.1) is 70.0 Å². The van der Waals surface area contributed by atoms with E-state index in [-0.39, 0.29) is 36.1 Å². The first-order valence-electron chi connectivity index (χ1n) is 19.8. The van der Waals surface area contributed by atoms with Gasteiger partial charge in [0.15, 0.2) is 69.7 Å². The molecule has 0 saturated carbocycles. The summed E-state index contributed by atoms with van der Waals surface area (Å²) < 4.78 is 164. The van der Waals surface area contributed by atoms with Crippen molar-refractivity contribution in [3.05, 3.63) is 117 Å². The minimum Gasteiger partial charge on any atom is -0.481 e. The van der Waals surface area contributed by atoms with Crippen molar-refractivity contribution in [3.63, 3.8) is 0 Å². The van der Waals surface area contributed by atoms with E-state index in [1.807, 2.05) is 23.9 Å². The maximum absolute atomic E-state index is 14.5. The number of hydrogen-bond acceptors (Lipinski definition) is 10. The Labute approximate surface area is 376 Å². The standard InChI is InChI=1S/2C19H15F6N3O2.C4H6O4/c2*1-27-7-5-9(6-8-27)18(29)10-3-2-4-11(26-10)28(25)19(30)12-13(20)15(22)17(24)16(23)14(12)21;5-3(6)1-2-4(7)8/h2*2-4,9H,5-8H2,1H3;1-2H2,(H,5,6)(H,7,8). The van der Waals surface area contributed by atoms with Crippen LogP contribution in [0.2, 0.25) is 0 Å². The first-order chi connectivity index (χ1) is 31.9. The number of benzene rings is 2. The Morgan fingerprint density at radius 3 is 1.03 bits per heavy atom. The van der Waals surface area contributed by atoms with Crippen molar-refractivity contribution in [2.45, 2.75) is 38.5 Å². The van der Waals surface area contributed by atoms with Crippen LogP contribution in [0.15, 0.2) is 36.4 Å². The van der Waals surface area contributed by atoms with Gasteiger partial charge < -0.3 is 20.0 Å². The zero-order chi connectivity index (χ0) is 50.9. The fraction of sp³-hybridized carbons (Fsp3) is 0.333. The first-order valence-corrected chi connectivity index (χ1v) is 19.8. The topological polar surface area (TPSA) is 182 Å². The van der Waals surface area contributed by atoms with Crippen LogP contribution in [-0.4, -0.2) is 106 Å². The van der Waals surface area contributed by atoms with Crippen LogP contribution in [0.3, 0.4) is 0 Å². The molecule has 0 bridgehead atoms. The van der Waals surface area contributed by atoms with Crippen molar-refractivity contribution in [2.24, 2.45) is 11.8 Å². The number of Topliss-reactive ketones (excluding diaryl/α,β-unsaturated/α-hetero) is 2. The number of aromatic nitrogens is 2. The summed E-state index contributed by atoms with van der Waals surface area (Å²) in [5.41, 5.74) is -4.31.